The number of benzene rings is 4. The highest BCUT2D eigenvalue weighted by atomic mass is 16.3. The Labute approximate surface area is 158 Å². The molecule has 2 nitrogen and oxygen atoms in total. The number of phenols is 2. The standard InChI is InChI=1S/C25H18O2/c26-23-13-4-3-9-21(23)25-20(12-6-14-24(25)27)19-11-5-10-18-17-8-2-1-7-16(17)15-22(18)19/h1-14,26-27H,15H2. The maximum Gasteiger partial charge on any atom is 0.124 e. The number of rotatable bonds is 2. The number of aromatic hydroxyl groups is 2. The fraction of sp³-hybridized carbons (Fsp3) is 0.0400. The first-order valence-electron chi connectivity index (χ1n) is 9.05. The molecule has 2 heteroatoms. The Morgan fingerprint density at radius 1 is 0.481 bits per heavy atom. The van der Waals surface area contributed by atoms with Gasteiger partial charge in [0.15, 0.2) is 0 Å². The van der Waals surface area contributed by atoms with Crippen LogP contribution in [0.4, 0.5) is 0 Å². The van der Waals surface area contributed by atoms with E-state index in [4.69, 9.17) is 0 Å². The summed E-state index contributed by atoms with van der Waals surface area (Å²) in [6, 6.07) is 27.5. The first-order chi connectivity index (χ1) is 13.2. The van der Waals surface area contributed by atoms with E-state index in [0.717, 1.165) is 17.5 Å². The minimum Gasteiger partial charge on any atom is -0.507 e. The maximum absolute atomic E-state index is 10.6. The molecule has 1 aliphatic carbocycles. The van der Waals surface area contributed by atoms with Crippen molar-refractivity contribution in [2.24, 2.45) is 0 Å². The highest BCUT2D eigenvalue weighted by Gasteiger charge is 2.23. The van der Waals surface area contributed by atoms with E-state index in [-0.39, 0.29) is 11.5 Å². The van der Waals surface area contributed by atoms with E-state index in [1.807, 2.05) is 24.3 Å². The number of phenolic OH excluding ortho intramolecular Hbond substituents is 2. The molecule has 4 aromatic carbocycles. The minimum absolute atomic E-state index is 0.163. The normalized spacial score (nSPS) is 11.9. The topological polar surface area (TPSA) is 40.5 Å². The van der Waals surface area contributed by atoms with Crippen LogP contribution in [0.2, 0.25) is 0 Å². The molecule has 0 unspecified atom stereocenters. The third kappa shape index (κ3) is 2.42. The van der Waals surface area contributed by atoms with Gasteiger partial charge in [0, 0.05) is 11.1 Å². The molecule has 0 saturated carbocycles. The fourth-order valence-corrected chi connectivity index (χ4v) is 4.14. The Kier molecular flexibility index (Phi) is 3.51. The van der Waals surface area contributed by atoms with Gasteiger partial charge in [-0.05, 0) is 51.9 Å². The zero-order valence-corrected chi connectivity index (χ0v) is 14.7. The van der Waals surface area contributed by atoms with Crippen LogP contribution in [0, 0.1) is 0 Å². The molecule has 0 atom stereocenters. The average molecular weight is 350 g/mol. The van der Waals surface area contributed by atoms with Crippen molar-refractivity contribution in [2.75, 3.05) is 0 Å². The fourth-order valence-electron chi connectivity index (χ4n) is 4.14. The number of fused-ring (bicyclic) bond motifs is 3. The Hall–Kier alpha value is -3.52. The Morgan fingerprint density at radius 2 is 1.04 bits per heavy atom. The van der Waals surface area contributed by atoms with Gasteiger partial charge in [-0.2, -0.15) is 0 Å². The van der Waals surface area contributed by atoms with Crippen LogP contribution in [0.15, 0.2) is 84.9 Å². The van der Waals surface area contributed by atoms with E-state index in [0.29, 0.717) is 11.1 Å². The van der Waals surface area contributed by atoms with Gasteiger partial charge in [0.1, 0.15) is 11.5 Å². The van der Waals surface area contributed by atoms with Crippen LogP contribution in [0.5, 0.6) is 11.5 Å². The van der Waals surface area contributed by atoms with Crippen LogP contribution in [-0.4, -0.2) is 10.2 Å². The number of hydrogen-bond acceptors (Lipinski definition) is 2. The predicted octanol–water partition coefficient (Wildman–Crippen LogP) is 6.00. The van der Waals surface area contributed by atoms with Crippen molar-refractivity contribution in [1.29, 1.82) is 0 Å². The molecular weight excluding hydrogens is 332 g/mol. The van der Waals surface area contributed by atoms with Crippen LogP contribution >= 0.6 is 0 Å². The van der Waals surface area contributed by atoms with Gasteiger partial charge in [-0.25, -0.2) is 0 Å². The van der Waals surface area contributed by atoms with E-state index >= 15 is 0 Å². The summed E-state index contributed by atoms with van der Waals surface area (Å²) in [5.41, 5.74) is 8.44. The smallest absolute Gasteiger partial charge is 0.124 e. The molecule has 130 valence electrons. The van der Waals surface area contributed by atoms with E-state index in [9.17, 15) is 10.2 Å². The van der Waals surface area contributed by atoms with Crippen molar-refractivity contribution in [3.05, 3.63) is 96.1 Å². The Balaban J connectivity index is 1.78. The van der Waals surface area contributed by atoms with Gasteiger partial charge in [0.25, 0.3) is 0 Å². The summed E-state index contributed by atoms with van der Waals surface area (Å²) in [5.74, 6) is 0.332. The van der Waals surface area contributed by atoms with Gasteiger partial charge in [-0.1, -0.05) is 72.8 Å². The number of hydrogen-bond donors (Lipinski definition) is 2. The van der Waals surface area contributed by atoms with E-state index in [1.54, 1.807) is 18.2 Å². The molecule has 2 N–H and O–H groups in total. The van der Waals surface area contributed by atoms with E-state index < -0.39 is 0 Å². The molecule has 1 aliphatic rings. The van der Waals surface area contributed by atoms with Crippen LogP contribution in [0.25, 0.3) is 33.4 Å². The van der Waals surface area contributed by atoms with Gasteiger partial charge < -0.3 is 10.2 Å². The van der Waals surface area contributed by atoms with Gasteiger partial charge in [0.2, 0.25) is 0 Å². The Bertz CT molecular complexity index is 1170. The molecular formula is C25H18O2. The first kappa shape index (κ1) is 15.7. The zero-order chi connectivity index (χ0) is 18.4. The summed E-state index contributed by atoms with van der Waals surface area (Å²) >= 11 is 0. The van der Waals surface area contributed by atoms with E-state index in [1.165, 1.54) is 22.3 Å². The predicted molar refractivity (Wildman–Crippen MR) is 109 cm³/mol. The van der Waals surface area contributed by atoms with Crippen LogP contribution < -0.4 is 0 Å². The van der Waals surface area contributed by atoms with Gasteiger partial charge >= 0.3 is 0 Å². The second-order valence-electron chi connectivity index (χ2n) is 6.88. The second-order valence-corrected chi connectivity index (χ2v) is 6.88. The summed E-state index contributed by atoms with van der Waals surface area (Å²) in [5, 5.41) is 21.0. The third-order valence-corrected chi connectivity index (χ3v) is 5.36. The van der Waals surface area contributed by atoms with E-state index in [2.05, 4.69) is 42.5 Å². The van der Waals surface area contributed by atoms with Crippen LogP contribution in [0.1, 0.15) is 11.1 Å². The minimum atomic E-state index is 0.163. The molecule has 0 fully saturated rings. The lowest BCUT2D eigenvalue weighted by molar-refractivity contribution is 0.469. The third-order valence-electron chi connectivity index (χ3n) is 5.36. The molecule has 0 spiro atoms. The van der Waals surface area contributed by atoms with Gasteiger partial charge in [-0.3, -0.25) is 0 Å². The highest BCUT2D eigenvalue weighted by molar-refractivity contribution is 5.94. The van der Waals surface area contributed by atoms with Crippen LogP contribution in [0.3, 0.4) is 0 Å². The van der Waals surface area contributed by atoms with Crippen molar-refractivity contribution in [3.8, 4) is 44.9 Å². The lowest BCUT2D eigenvalue weighted by Gasteiger charge is -2.16. The lowest BCUT2D eigenvalue weighted by atomic mass is 9.89. The summed E-state index contributed by atoms with van der Waals surface area (Å²) in [6.45, 7) is 0. The van der Waals surface area contributed by atoms with Gasteiger partial charge in [-0.15, -0.1) is 0 Å². The molecule has 5 rings (SSSR count). The summed E-state index contributed by atoms with van der Waals surface area (Å²) in [4.78, 5) is 0. The molecule has 0 amide bonds. The first-order valence-corrected chi connectivity index (χ1v) is 9.05. The molecule has 0 heterocycles. The lowest BCUT2D eigenvalue weighted by Crippen LogP contribution is -1.92. The quantitative estimate of drug-likeness (QED) is 0.410. The van der Waals surface area contributed by atoms with Crippen molar-refractivity contribution >= 4 is 0 Å². The summed E-state index contributed by atoms with van der Waals surface area (Å²) < 4.78 is 0. The second kappa shape index (κ2) is 6.03. The molecule has 4 aromatic rings. The van der Waals surface area contributed by atoms with Crippen molar-refractivity contribution in [3.63, 3.8) is 0 Å². The summed E-state index contributed by atoms with van der Waals surface area (Å²) in [7, 11) is 0. The average Bonchev–Trinajstić information content (AvgIpc) is 3.07. The monoisotopic (exact) mass is 350 g/mol. The molecule has 0 saturated heterocycles. The number of para-hydroxylation sites is 1. The van der Waals surface area contributed by atoms with Crippen molar-refractivity contribution < 1.29 is 10.2 Å². The largest absolute Gasteiger partial charge is 0.507 e. The maximum atomic E-state index is 10.6. The van der Waals surface area contributed by atoms with Crippen LogP contribution in [-0.2, 0) is 6.42 Å². The molecule has 0 aromatic heterocycles. The molecule has 0 bridgehead atoms. The Morgan fingerprint density at radius 3 is 1.85 bits per heavy atom. The zero-order valence-electron chi connectivity index (χ0n) is 14.7. The van der Waals surface area contributed by atoms with Gasteiger partial charge in [0.05, 0.1) is 0 Å². The SMILES string of the molecule is Oc1ccccc1-c1c(O)cccc1-c1cccc2c1Cc1ccccc1-2. The summed E-state index contributed by atoms with van der Waals surface area (Å²) in [6.07, 6.45) is 0.873. The highest BCUT2D eigenvalue weighted by Crippen LogP contribution is 2.47. The molecule has 0 aliphatic heterocycles. The molecule has 0 radical (unpaired) electrons. The molecule has 27 heavy (non-hydrogen) atoms. The van der Waals surface area contributed by atoms with Crippen molar-refractivity contribution in [2.45, 2.75) is 6.42 Å². The van der Waals surface area contributed by atoms with Crippen molar-refractivity contribution in [1.82, 2.24) is 0 Å².